The Morgan fingerprint density at radius 2 is 2.14 bits per heavy atom. The monoisotopic (exact) mass is 218 g/mol. The van der Waals surface area contributed by atoms with Crippen LogP contribution in [0.4, 0.5) is 0 Å². The van der Waals surface area contributed by atoms with E-state index in [2.05, 4.69) is 0 Å². The minimum Gasteiger partial charge on any atom is -0.465 e. The molecule has 0 unspecified atom stereocenters. The molecule has 0 aromatic heterocycles. The third kappa shape index (κ3) is 2.47. The summed E-state index contributed by atoms with van der Waals surface area (Å²) in [5, 5.41) is 0. The Hall–Kier alpha value is -0.570. The first-order valence-electron chi connectivity index (χ1n) is 4.94. The number of hydrogen-bond acceptors (Lipinski definition) is 3. The van der Waals surface area contributed by atoms with Gasteiger partial charge in [0.05, 0.1) is 6.61 Å². The number of aldehydes is 1. The van der Waals surface area contributed by atoms with Gasteiger partial charge in [0.15, 0.2) is 0 Å². The van der Waals surface area contributed by atoms with Gasteiger partial charge in [-0.3, -0.25) is 4.79 Å². The highest BCUT2D eigenvalue weighted by molar-refractivity contribution is 6.34. The molecule has 1 fully saturated rings. The molecule has 0 atom stereocenters. The SMILES string of the molecule is CCOC(=O)[C@]1(Cl)CC[C@@H](C=O)CC1. The molecule has 1 rings (SSSR count). The standard InChI is InChI=1S/C10H15ClO3/c1-2-14-9(13)10(11)5-3-8(7-12)4-6-10/h7-8H,2-6H2,1H3/t8-,10+. The van der Waals surface area contributed by atoms with Crippen LogP contribution in [0.5, 0.6) is 0 Å². The van der Waals surface area contributed by atoms with Crippen molar-refractivity contribution in [1.29, 1.82) is 0 Å². The lowest BCUT2D eigenvalue weighted by Crippen LogP contribution is -2.38. The lowest BCUT2D eigenvalue weighted by molar-refractivity contribution is -0.147. The second-order valence-corrected chi connectivity index (χ2v) is 4.38. The van der Waals surface area contributed by atoms with Crippen LogP contribution in [0.15, 0.2) is 0 Å². The van der Waals surface area contributed by atoms with Crippen LogP contribution < -0.4 is 0 Å². The van der Waals surface area contributed by atoms with Crippen LogP contribution in [0.2, 0.25) is 0 Å². The van der Waals surface area contributed by atoms with Gasteiger partial charge in [-0.1, -0.05) is 0 Å². The zero-order valence-corrected chi connectivity index (χ0v) is 9.05. The molecule has 4 heteroatoms. The third-order valence-electron chi connectivity index (χ3n) is 2.66. The molecule has 0 bridgehead atoms. The van der Waals surface area contributed by atoms with Crippen LogP contribution in [0.25, 0.3) is 0 Å². The smallest absolute Gasteiger partial charge is 0.327 e. The molecule has 0 aliphatic heterocycles. The number of ether oxygens (including phenoxy) is 1. The highest BCUT2D eigenvalue weighted by atomic mass is 35.5. The summed E-state index contributed by atoms with van der Waals surface area (Å²) >= 11 is 6.14. The van der Waals surface area contributed by atoms with E-state index in [9.17, 15) is 9.59 Å². The van der Waals surface area contributed by atoms with Gasteiger partial charge in [0.25, 0.3) is 0 Å². The van der Waals surface area contributed by atoms with Gasteiger partial charge in [0.2, 0.25) is 0 Å². The van der Waals surface area contributed by atoms with Crippen LogP contribution >= 0.6 is 11.6 Å². The van der Waals surface area contributed by atoms with Gasteiger partial charge < -0.3 is 9.53 Å². The average molecular weight is 219 g/mol. The molecule has 1 aliphatic rings. The maximum Gasteiger partial charge on any atom is 0.327 e. The summed E-state index contributed by atoms with van der Waals surface area (Å²) in [5.41, 5.74) is 0. The van der Waals surface area contributed by atoms with Crippen molar-refractivity contribution >= 4 is 23.9 Å². The first-order valence-corrected chi connectivity index (χ1v) is 5.31. The number of rotatable bonds is 3. The minimum absolute atomic E-state index is 0.0660. The van der Waals surface area contributed by atoms with Crippen molar-refractivity contribution in [3.8, 4) is 0 Å². The normalized spacial score (nSPS) is 32.3. The van der Waals surface area contributed by atoms with Crippen molar-refractivity contribution in [3.05, 3.63) is 0 Å². The van der Waals surface area contributed by atoms with Crippen molar-refractivity contribution < 1.29 is 14.3 Å². The van der Waals surface area contributed by atoms with E-state index >= 15 is 0 Å². The predicted octanol–water partition coefficient (Wildman–Crippen LogP) is 1.92. The maximum absolute atomic E-state index is 11.5. The van der Waals surface area contributed by atoms with Gasteiger partial charge in [-0.05, 0) is 32.6 Å². The molecule has 0 aromatic rings. The Morgan fingerprint density at radius 1 is 1.57 bits per heavy atom. The van der Waals surface area contributed by atoms with Gasteiger partial charge in [-0.2, -0.15) is 0 Å². The van der Waals surface area contributed by atoms with Crippen LogP contribution in [0.1, 0.15) is 32.6 Å². The van der Waals surface area contributed by atoms with E-state index in [0.717, 1.165) is 6.29 Å². The van der Waals surface area contributed by atoms with Gasteiger partial charge in [-0.25, -0.2) is 0 Å². The van der Waals surface area contributed by atoms with E-state index in [1.54, 1.807) is 6.92 Å². The lowest BCUT2D eigenvalue weighted by Gasteiger charge is -2.31. The summed E-state index contributed by atoms with van der Waals surface area (Å²) < 4.78 is 4.89. The van der Waals surface area contributed by atoms with Gasteiger partial charge in [-0.15, -0.1) is 11.6 Å². The molecule has 80 valence electrons. The largest absolute Gasteiger partial charge is 0.465 e. The number of alkyl halides is 1. The van der Waals surface area contributed by atoms with E-state index < -0.39 is 4.87 Å². The Bertz CT molecular complexity index is 219. The number of esters is 1. The van der Waals surface area contributed by atoms with Gasteiger partial charge in [0.1, 0.15) is 11.2 Å². The summed E-state index contributed by atoms with van der Waals surface area (Å²) in [6.45, 7) is 2.11. The highest BCUT2D eigenvalue weighted by Crippen LogP contribution is 2.37. The average Bonchev–Trinajstić information content (AvgIpc) is 2.19. The van der Waals surface area contributed by atoms with E-state index in [0.29, 0.717) is 32.3 Å². The van der Waals surface area contributed by atoms with Crippen molar-refractivity contribution in [2.45, 2.75) is 37.5 Å². The van der Waals surface area contributed by atoms with Crippen LogP contribution in [0.3, 0.4) is 0 Å². The Labute approximate surface area is 88.8 Å². The molecule has 1 aliphatic carbocycles. The van der Waals surface area contributed by atoms with Crippen LogP contribution in [-0.4, -0.2) is 23.7 Å². The summed E-state index contributed by atoms with van der Waals surface area (Å²) in [4.78, 5) is 21.1. The Morgan fingerprint density at radius 3 is 2.57 bits per heavy atom. The second kappa shape index (κ2) is 4.78. The zero-order chi connectivity index (χ0) is 10.6. The molecule has 1 saturated carbocycles. The predicted molar refractivity (Wildman–Crippen MR) is 53.2 cm³/mol. The fourth-order valence-corrected chi connectivity index (χ4v) is 1.97. The molecule has 14 heavy (non-hydrogen) atoms. The van der Waals surface area contributed by atoms with E-state index in [4.69, 9.17) is 16.3 Å². The van der Waals surface area contributed by atoms with E-state index in [1.165, 1.54) is 0 Å². The topological polar surface area (TPSA) is 43.4 Å². The Balaban J connectivity index is 2.52. The number of carbonyl (C=O) groups excluding carboxylic acids is 2. The van der Waals surface area contributed by atoms with Crippen LogP contribution in [-0.2, 0) is 14.3 Å². The number of hydrogen-bond donors (Lipinski definition) is 0. The molecule has 0 amide bonds. The maximum atomic E-state index is 11.5. The zero-order valence-electron chi connectivity index (χ0n) is 8.29. The first kappa shape index (κ1) is 11.5. The first-order chi connectivity index (χ1) is 6.62. The molecule has 0 heterocycles. The van der Waals surface area contributed by atoms with E-state index in [-0.39, 0.29) is 11.9 Å². The van der Waals surface area contributed by atoms with Crippen molar-refractivity contribution in [1.82, 2.24) is 0 Å². The molecular formula is C10H15ClO3. The molecular weight excluding hydrogens is 204 g/mol. The molecule has 3 nitrogen and oxygen atoms in total. The van der Waals surface area contributed by atoms with Gasteiger partial charge >= 0.3 is 5.97 Å². The minimum atomic E-state index is -0.879. The van der Waals surface area contributed by atoms with Crippen molar-refractivity contribution in [2.75, 3.05) is 6.61 Å². The van der Waals surface area contributed by atoms with Crippen molar-refractivity contribution in [2.24, 2.45) is 5.92 Å². The number of carbonyl (C=O) groups is 2. The van der Waals surface area contributed by atoms with Gasteiger partial charge in [0, 0.05) is 5.92 Å². The van der Waals surface area contributed by atoms with Crippen molar-refractivity contribution in [3.63, 3.8) is 0 Å². The fourth-order valence-electron chi connectivity index (χ4n) is 1.70. The number of halogens is 1. The third-order valence-corrected chi connectivity index (χ3v) is 3.19. The molecule has 0 N–H and O–H groups in total. The highest BCUT2D eigenvalue weighted by Gasteiger charge is 2.41. The second-order valence-electron chi connectivity index (χ2n) is 3.66. The molecule has 0 aromatic carbocycles. The molecule has 0 saturated heterocycles. The fraction of sp³-hybridized carbons (Fsp3) is 0.800. The lowest BCUT2D eigenvalue weighted by atomic mass is 9.82. The van der Waals surface area contributed by atoms with Crippen LogP contribution in [0, 0.1) is 5.92 Å². The molecule has 0 spiro atoms. The summed E-state index contributed by atoms with van der Waals surface area (Å²) in [7, 11) is 0. The summed E-state index contributed by atoms with van der Waals surface area (Å²) in [6, 6.07) is 0. The summed E-state index contributed by atoms with van der Waals surface area (Å²) in [5.74, 6) is -0.276. The van der Waals surface area contributed by atoms with E-state index in [1.807, 2.05) is 0 Å². The molecule has 0 radical (unpaired) electrons. The Kier molecular flexibility index (Phi) is 3.93. The summed E-state index contributed by atoms with van der Waals surface area (Å²) in [6.07, 6.45) is 3.40. The quantitative estimate of drug-likeness (QED) is 0.413.